The molecule has 3 rings (SSSR count). The summed E-state index contributed by atoms with van der Waals surface area (Å²) in [6.07, 6.45) is 0. The highest BCUT2D eigenvalue weighted by atomic mass is 79.9. The van der Waals surface area contributed by atoms with E-state index in [9.17, 15) is 14.4 Å². The fourth-order valence-electron chi connectivity index (χ4n) is 2.53. The molecule has 0 saturated heterocycles. The smallest absolute Gasteiger partial charge is 0.340 e. The fraction of sp³-hybridized carbons (Fsp3) is 0.0455. The maximum absolute atomic E-state index is 12.5. The number of esters is 1. The lowest BCUT2D eigenvalue weighted by Crippen LogP contribution is -2.18. The van der Waals surface area contributed by atoms with Crippen molar-refractivity contribution in [1.82, 2.24) is 0 Å². The average molecular weight is 473 g/mol. The van der Waals surface area contributed by atoms with Crippen LogP contribution >= 0.6 is 27.5 Å². The summed E-state index contributed by atoms with van der Waals surface area (Å²) in [6, 6.07) is 19.7. The number of carbonyl (C=O) groups excluding carboxylic acids is 3. The van der Waals surface area contributed by atoms with E-state index >= 15 is 0 Å². The Morgan fingerprint density at radius 2 is 1.48 bits per heavy atom. The number of rotatable bonds is 6. The zero-order chi connectivity index (χ0) is 20.8. The van der Waals surface area contributed by atoms with Crippen molar-refractivity contribution >= 4 is 50.9 Å². The summed E-state index contributed by atoms with van der Waals surface area (Å²) >= 11 is 9.13. The van der Waals surface area contributed by atoms with E-state index in [2.05, 4.69) is 21.2 Å². The molecule has 0 bridgehead atoms. The van der Waals surface area contributed by atoms with E-state index in [0.717, 1.165) is 0 Å². The van der Waals surface area contributed by atoms with Crippen LogP contribution in [0, 0.1) is 0 Å². The lowest BCUT2D eigenvalue weighted by atomic mass is 10.1. The third kappa shape index (κ3) is 5.31. The van der Waals surface area contributed by atoms with Crippen LogP contribution in [0.1, 0.15) is 31.1 Å². The zero-order valence-electron chi connectivity index (χ0n) is 15.0. The molecule has 0 aliphatic heterocycles. The molecule has 3 aromatic carbocycles. The molecule has 0 heterocycles. The molecule has 0 aliphatic carbocycles. The molecule has 29 heavy (non-hydrogen) atoms. The minimum Gasteiger partial charge on any atom is -0.454 e. The second-order valence-corrected chi connectivity index (χ2v) is 7.28. The van der Waals surface area contributed by atoms with Crippen LogP contribution in [0.4, 0.5) is 5.69 Å². The lowest BCUT2D eigenvalue weighted by molar-refractivity contribution is 0.0475. The number of halogens is 2. The number of hydrogen-bond donors (Lipinski definition) is 1. The van der Waals surface area contributed by atoms with Crippen molar-refractivity contribution in [2.75, 3.05) is 11.9 Å². The van der Waals surface area contributed by atoms with Gasteiger partial charge < -0.3 is 10.1 Å². The van der Waals surface area contributed by atoms with Gasteiger partial charge in [0.1, 0.15) is 0 Å². The van der Waals surface area contributed by atoms with Gasteiger partial charge in [0.15, 0.2) is 12.4 Å². The molecular weight excluding hydrogens is 458 g/mol. The number of hydrogen-bond acceptors (Lipinski definition) is 4. The first-order valence-corrected chi connectivity index (χ1v) is 9.73. The zero-order valence-corrected chi connectivity index (χ0v) is 17.4. The van der Waals surface area contributed by atoms with Gasteiger partial charge in [0.25, 0.3) is 5.91 Å². The number of para-hydroxylation sites is 1. The van der Waals surface area contributed by atoms with Gasteiger partial charge >= 0.3 is 5.97 Å². The van der Waals surface area contributed by atoms with E-state index in [0.29, 0.717) is 20.6 Å². The molecule has 0 radical (unpaired) electrons. The van der Waals surface area contributed by atoms with Gasteiger partial charge in [-0.2, -0.15) is 0 Å². The lowest BCUT2D eigenvalue weighted by Gasteiger charge is -2.11. The third-order valence-corrected chi connectivity index (χ3v) is 4.96. The highest BCUT2D eigenvalue weighted by molar-refractivity contribution is 9.10. The molecular formula is C22H15BrClNO4. The summed E-state index contributed by atoms with van der Waals surface area (Å²) in [5, 5.41) is 3.21. The molecule has 0 saturated carbocycles. The molecule has 0 atom stereocenters. The standard InChI is InChI=1S/C22H15BrClNO4/c23-18-7-3-1-5-16(18)21(27)25-19-8-4-2-6-17(19)22(28)29-13-20(26)14-9-11-15(24)12-10-14/h1-12H,13H2,(H,25,27). The van der Waals surface area contributed by atoms with E-state index in [1.54, 1.807) is 66.7 Å². The van der Waals surface area contributed by atoms with Crippen molar-refractivity contribution in [2.24, 2.45) is 0 Å². The Morgan fingerprint density at radius 3 is 2.17 bits per heavy atom. The number of anilines is 1. The molecule has 0 unspecified atom stereocenters. The van der Waals surface area contributed by atoms with Crippen LogP contribution in [0.5, 0.6) is 0 Å². The van der Waals surface area contributed by atoms with E-state index in [4.69, 9.17) is 16.3 Å². The number of Topliss-reactive ketones (excluding diaryl/α,β-unsaturated/α-hetero) is 1. The van der Waals surface area contributed by atoms with Crippen LogP contribution < -0.4 is 5.32 Å². The minimum atomic E-state index is -0.713. The Balaban J connectivity index is 1.70. The average Bonchev–Trinajstić information content (AvgIpc) is 2.73. The van der Waals surface area contributed by atoms with Crippen LogP contribution in [0.2, 0.25) is 5.02 Å². The second kappa shape index (κ2) is 9.49. The number of amides is 1. The van der Waals surface area contributed by atoms with E-state index in [-0.39, 0.29) is 22.9 Å². The number of nitrogens with one attached hydrogen (secondary N) is 1. The Kier molecular flexibility index (Phi) is 6.80. The Labute approximate surface area is 180 Å². The van der Waals surface area contributed by atoms with Gasteiger partial charge in [0, 0.05) is 15.1 Å². The van der Waals surface area contributed by atoms with Crippen molar-refractivity contribution in [3.05, 3.63) is 99.0 Å². The van der Waals surface area contributed by atoms with Crippen molar-refractivity contribution in [1.29, 1.82) is 0 Å². The van der Waals surface area contributed by atoms with Gasteiger partial charge in [-0.25, -0.2) is 4.79 Å². The van der Waals surface area contributed by atoms with Crippen LogP contribution in [0.15, 0.2) is 77.3 Å². The van der Waals surface area contributed by atoms with Gasteiger partial charge in [0.2, 0.25) is 0 Å². The van der Waals surface area contributed by atoms with Crippen molar-refractivity contribution < 1.29 is 19.1 Å². The summed E-state index contributed by atoms with van der Waals surface area (Å²) in [6.45, 7) is -0.424. The van der Waals surface area contributed by atoms with Gasteiger partial charge in [-0.15, -0.1) is 0 Å². The maximum Gasteiger partial charge on any atom is 0.340 e. The maximum atomic E-state index is 12.5. The van der Waals surface area contributed by atoms with Gasteiger partial charge in [-0.1, -0.05) is 35.9 Å². The SMILES string of the molecule is O=C(COC(=O)c1ccccc1NC(=O)c1ccccc1Br)c1ccc(Cl)cc1. The van der Waals surface area contributed by atoms with Gasteiger partial charge in [0.05, 0.1) is 16.8 Å². The molecule has 0 fully saturated rings. The van der Waals surface area contributed by atoms with E-state index < -0.39 is 12.6 Å². The Bertz CT molecular complexity index is 1070. The number of benzene rings is 3. The molecule has 0 aliphatic rings. The van der Waals surface area contributed by atoms with E-state index in [1.807, 2.05) is 0 Å². The normalized spacial score (nSPS) is 10.3. The van der Waals surface area contributed by atoms with Gasteiger partial charge in [-0.3, -0.25) is 9.59 Å². The van der Waals surface area contributed by atoms with Gasteiger partial charge in [-0.05, 0) is 64.5 Å². The summed E-state index contributed by atoms with van der Waals surface area (Å²) in [7, 11) is 0. The van der Waals surface area contributed by atoms with Crippen LogP contribution in [-0.2, 0) is 4.74 Å². The summed E-state index contributed by atoms with van der Waals surface area (Å²) in [5.74, 6) is -1.45. The number of carbonyl (C=O) groups is 3. The summed E-state index contributed by atoms with van der Waals surface area (Å²) < 4.78 is 5.77. The molecule has 0 spiro atoms. The topological polar surface area (TPSA) is 72.5 Å². The third-order valence-electron chi connectivity index (χ3n) is 4.01. The number of ketones is 1. The highest BCUT2D eigenvalue weighted by Crippen LogP contribution is 2.21. The first kappa shape index (κ1) is 20.8. The van der Waals surface area contributed by atoms with Crippen molar-refractivity contribution in [3.8, 4) is 0 Å². The molecule has 1 N–H and O–H groups in total. The molecule has 7 heteroatoms. The van der Waals surface area contributed by atoms with Crippen LogP contribution in [0.3, 0.4) is 0 Å². The fourth-order valence-corrected chi connectivity index (χ4v) is 3.12. The van der Waals surface area contributed by atoms with Crippen LogP contribution in [-0.4, -0.2) is 24.3 Å². The summed E-state index contributed by atoms with van der Waals surface area (Å²) in [5.41, 5.74) is 1.25. The highest BCUT2D eigenvalue weighted by Gasteiger charge is 2.18. The molecule has 1 amide bonds. The Hall–Kier alpha value is -2.96. The quantitative estimate of drug-likeness (QED) is 0.385. The first-order valence-electron chi connectivity index (χ1n) is 8.56. The van der Waals surface area contributed by atoms with Crippen molar-refractivity contribution in [3.63, 3.8) is 0 Å². The Morgan fingerprint density at radius 1 is 0.862 bits per heavy atom. The largest absolute Gasteiger partial charge is 0.454 e. The summed E-state index contributed by atoms with van der Waals surface area (Å²) in [4.78, 5) is 37.2. The molecule has 0 aromatic heterocycles. The molecule has 3 aromatic rings. The predicted molar refractivity (Wildman–Crippen MR) is 115 cm³/mol. The minimum absolute atomic E-state index is 0.150. The molecule has 5 nitrogen and oxygen atoms in total. The monoisotopic (exact) mass is 471 g/mol. The second-order valence-electron chi connectivity index (χ2n) is 5.99. The van der Waals surface area contributed by atoms with Crippen LogP contribution in [0.25, 0.3) is 0 Å². The number of ether oxygens (including phenoxy) is 1. The predicted octanol–water partition coefficient (Wildman–Crippen LogP) is 5.39. The van der Waals surface area contributed by atoms with E-state index in [1.165, 1.54) is 6.07 Å². The first-order chi connectivity index (χ1) is 14.0. The molecule has 146 valence electrons. The van der Waals surface area contributed by atoms with Crippen molar-refractivity contribution in [2.45, 2.75) is 0 Å².